The summed E-state index contributed by atoms with van der Waals surface area (Å²) in [6.07, 6.45) is 1.96. The maximum absolute atomic E-state index is 4.54. The number of hydrogen-bond acceptors (Lipinski definition) is 5. The van der Waals surface area contributed by atoms with E-state index in [1.165, 1.54) is 11.1 Å². The van der Waals surface area contributed by atoms with E-state index in [9.17, 15) is 0 Å². The van der Waals surface area contributed by atoms with Crippen molar-refractivity contribution in [2.75, 3.05) is 17.7 Å². The van der Waals surface area contributed by atoms with Gasteiger partial charge >= 0.3 is 0 Å². The summed E-state index contributed by atoms with van der Waals surface area (Å²) in [5.41, 5.74) is 2.65. The lowest BCUT2D eigenvalue weighted by Crippen LogP contribution is -2.06. The summed E-state index contributed by atoms with van der Waals surface area (Å²) >= 11 is 1.74. The first kappa shape index (κ1) is 13.8. The van der Waals surface area contributed by atoms with Crippen LogP contribution in [0.15, 0.2) is 16.8 Å². The van der Waals surface area contributed by atoms with Crippen LogP contribution in [0.2, 0.25) is 0 Å². The first-order valence-electron chi connectivity index (χ1n) is 6.54. The quantitative estimate of drug-likeness (QED) is 0.848. The fourth-order valence-corrected chi connectivity index (χ4v) is 2.66. The van der Waals surface area contributed by atoms with Crippen LogP contribution in [0.1, 0.15) is 30.3 Å². The first-order chi connectivity index (χ1) is 9.22. The highest BCUT2D eigenvalue weighted by atomic mass is 32.1. The number of nitrogens with one attached hydrogen (secondary N) is 2. The van der Waals surface area contributed by atoms with E-state index in [2.05, 4.69) is 45.2 Å². The van der Waals surface area contributed by atoms with Crippen molar-refractivity contribution in [2.24, 2.45) is 0 Å². The van der Waals surface area contributed by atoms with E-state index in [1.807, 2.05) is 13.1 Å². The highest BCUT2D eigenvalue weighted by Gasteiger charge is 2.04. The lowest BCUT2D eigenvalue weighted by Gasteiger charge is -2.09. The van der Waals surface area contributed by atoms with E-state index < -0.39 is 0 Å². The van der Waals surface area contributed by atoms with E-state index in [1.54, 1.807) is 11.3 Å². The van der Waals surface area contributed by atoms with Crippen LogP contribution in [0.25, 0.3) is 0 Å². The summed E-state index contributed by atoms with van der Waals surface area (Å²) in [6.45, 7) is 5.08. The number of rotatable bonds is 6. The molecule has 0 aliphatic rings. The summed E-state index contributed by atoms with van der Waals surface area (Å²) < 4.78 is 0. The molecule has 0 unspecified atom stereocenters. The largest absolute Gasteiger partial charge is 0.373 e. The minimum absolute atomic E-state index is 0.807. The number of nitrogens with zero attached hydrogens (tertiary/aromatic N) is 2. The molecule has 0 atom stereocenters. The van der Waals surface area contributed by atoms with Crippen LogP contribution in [0.3, 0.4) is 0 Å². The molecule has 0 saturated heterocycles. The molecule has 0 fully saturated rings. The lowest BCUT2D eigenvalue weighted by atomic mass is 10.2. The van der Waals surface area contributed by atoms with Crippen LogP contribution in [0.5, 0.6) is 0 Å². The molecular weight excluding hydrogens is 256 g/mol. The van der Waals surface area contributed by atoms with Gasteiger partial charge < -0.3 is 10.6 Å². The summed E-state index contributed by atoms with van der Waals surface area (Å²) in [7, 11) is 1.88. The topological polar surface area (TPSA) is 49.8 Å². The molecule has 4 nitrogen and oxygen atoms in total. The average Bonchev–Trinajstić information content (AvgIpc) is 2.82. The zero-order valence-electron chi connectivity index (χ0n) is 11.7. The van der Waals surface area contributed by atoms with Crippen LogP contribution in [0.4, 0.5) is 11.6 Å². The molecule has 0 spiro atoms. The standard InChI is InChI=1S/C14H20N4S/c1-4-5-12-17-13(15-3)6-14(18-12)16-7-11-9-19-8-10(11)2/h6,8-9H,4-5,7H2,1-3H3,(H2,15,16,17,18). The molecule has 19 heavy (non-hydrogen) atoms. The molecule has 5 heteroatoms. The molecular formula is C14H20N4S. The fraction of sp³-hybridized carbons (Fsp3) is 0.429. The van der Waals surface area contributed by atoms with E-state index in [-0.39, 0.29) is 0 Å². The van der Waals surface area contributed by atoms with Crippen molar-refractivity contribution in [3.63, 3.8) is 0 Å². The molecule has 2 heterocycles. The zero-order valence-corrected chi connectivity index (χ0v) is 12.5. The van der Waals surface area contributed by atoms with Crippen LogP contribution in [0, 0.1) is 6.92 Å². The Hall–Kier alpha value is -1.62. The summed E-state index contributed by atoms with van der Waals surface area (Å²) in [5, 5.41) is 10.8. The Morgan fingerprint density at radius 1 is 1.21 bits per heavy atom. The molecule has 0 aliphatic carbocycles. The van der Waals surface area contributed by atoms with Crippen LogP contribution in [-0.4, -0.2) is 17.0 Å². The third-order valence-corrected chi connectivity index (χ3v) is 3.83. The van der Waals surface area contributed by atoms with E-state index in [0.717, 1.165) is 36.8 Å². The molecule has 0 amide bonds. The summed E-state index contributed by atoms with van der Waals surface area (Å²) in [5.74, 6) is 2.63. The van der Waals surface area contributed by atoms with Crippen molar-refractivity contribution < 1.29 is 0 Å². The molecule has 0 radical (unpaired) electrons. The Morgan fingerprint density at radius 2 is 2.00 bits per heavy atom. The van der Waals surface area contributed by atoms with Gasteiger partial charge in [-0.05, 0) is 35.2 Å². The maximum atomic E-state index is 4.54. The normalized spacial score (nSPS) is 10.5. The molecule has 102 valence electrons. The van der Waals surface area contributed by atoms with Crippen molar-refractivity contribution in [3.05, 3.63) is 33.8 Å². The van der Waals surface area contributed by atoms with Gasteiger partial charge in [-0.25, -0.2) is 9.97 Å². The second-order valence-corrected chi connectivity index (χ2v) is 5.23. The highest BCUT2D eigenvalue weighted by molar-refractivity contribution is 7.08. The smallest absolute Gasteiger partial charge is 0.133 e. The van der Waals surface area contributed by atoms with Crippen LogP contribution in [-0.2, 0) is 13.0 Å². The highest BCUT2D eigenvalue weighted by Crippen LogP contribution is 2.17. The van der Waals surface area contributed by atoms with Gasteiger partial charge in [0.25, 0.3) is 0 Å². The van der Waals surface area contributed by atoms with E-state index in [0.29, 0.717) is 0 Å². The lowest BCUT2D eigenvalue weighted by molar-refractivity contribution is 0.835. The second kappa shape index (κ2) is 6.52. The zero-order chi connectivity index (χ0) is 13.7. The Balaban J connectivity index is 2.10. The predicted molar refractivity (Wildman–Crippen MR) is 82.0 cm³/mol. The third kappa shape index (κ3) is 3.67. The van der Waals surface area contributed by atoms with Gasteiger partial charge in [0.1, 0.15) is 17.5 Å². The van der Waals surface area contributed by atoms with E-state index >= 15 is 0 Å². The van der Waals surface area contributed by atoms with Gasteiger partial charge in [0.15, 0.2) is 0 Å². The molecule has 2 N–H and O–H groups in total. The molecule has 0 aliphatic heterocycles. The number of hydrogen-bond donors (Lipinski definition) is 2. The van der Waals surface area contributed by atoms with E-state index in [4.69, 9.17) is 0 Å². The third-order valence-electron chi connectivity index (χ3n) is 2.92. The molecule has 2 aromatic heterocycles. The molecule has 2 rings (SSSR count). The first-order valence-corrected chi connectivity index (χ1v) is 7.48. The van der Waals surface area contributed by atoms with Crippen molar-refractivity contribution in [1.29, 1.82) is 0 Å². The monoisotopic (exact) mass is 276 g/mol. The van der Waals surface area contributed by atoms with Crippen LogP contribution < -0.4 is 10.6 Å². The number of aromatic nitrogens is 2. The molecule has 0 saturated carbocycles. The van der Waals surface area contributed by atoms with Crippen molar-refractivity contribution in [3.8, 4) is 0 Å². The van der Waals surface area contributed by atoms with Gasteiger partial charge in [0.05, 0.1) is 0 Å². The average molecular weight is 276 g/mol. The van der Waals surface area contributed by atoms with Gasteiger partial charge in [0, 0.05) is 26.1 Å². The van der Waals surface area contributed by atoms with Gasteiger partial charge in [-0.2, -0.15) is 11.3 Å². The minimum atomic E-state index is 0.807. The maximum Gasteiger partial charge on any atom is 0.133 e. The molecule has 0 bridgehead atoms. The summed E-state index contributed by atoms with van der Waals surface area (Å²) in [6, 6.07) is 1.95. The van der Waals surface area contributed by atoms with Gasteiger partial charge in [-0.1, -0.05) is 6.92 Å². The van der Waals surface area contributed by atoms with Crippen LogP contribution >= 0.6 is 11.3 Å². The van der Waals surface area contributed by atoms with Crippen molar-refractivity contribution >= 4 is 23.0 Å². The Kier molecular flexibility index (Phi) is 4.74. The number of thiophene rings is 1. The number of aryl methyl sites for hydroxylation is 2. The molecule has 2 aromatic rings. The Labute approximate surface area is 118 Å². The van der Waals surface area contributed by atoms with Gasteiger partial charge in [0.2, 0.25) is 0 Å². The van der Waals surface area contributed by atoms with Crippen molar-refractivity contribution in [1.82, 2.24) is 9.97 Å². The Morgan fingerprint density at radius 3 is 2.63 bits per heavy atom. The number of anilines is 2. The predicted octanol–water partition coefficient (Wildman–Crippen LogP) is 3.45. The second-order valence-electron chi connectivity index (χ2n) is 4.49. The Bertz CT molecular complexity index is 536. The summed E-state index contributed by atoms with van der Waals surface area (Å²) in [4.78, 5) is 8.99. The minimum Gasteiger partial charge on any atom is -0.373 e. The van der Waals surface area contributed by atoms with Gasteiger partial charge in [-0.15, -0.1) is 0 Å². The van der Waals surface area contributed by atoms with Crippen molar-refractivity contribution in [2.45, 2.75) is 33.2 Å². The fourth-order valence-electron chi connectivity index (χ4n) is 1.80. The SMILES string of the molecule is CCCc1nc(NC)cc(NCc2cscc2C)n1. The van der Waals surface area contributed by atoms with Gasteiger partial charge in [-0.3, -0.25) is 0 Å². The molecule has 0 aromatic carbocycles.